The van der Waals surface area contributed by atoms with Gasteiger partial charge in [0.2, 0.25) is 5.95 Å². The van der Waals surface area contributed by atoms with Gasteiger partial charge in [0, 0.05) is 22.5 Å². The van der Waals surface area contributed by atoms with Crippen LogP contribution in [0, 0.1) is 9.39 Å². The molecule has 0 bridgehead atoms. The molecule has 0 atom stereocenters. The summed E-state index contributed by atoms with van der Waals surface area (Å²) in [4.78, 5) is 4.20. The highest BCUT2D eigenvalue weighted by Crippen LogP contribution is 2.22. The average molecular weight is 343 g/mol. The molecule has 3 nitrogen and oxygen atoms in total. The van der Waals surface area contributed by atoms with Crippen LogP contribution in [0.15, 0.2) is 43.2 Å². The third kappa shape index (κ3) is 2.85. The SMILES string of the molecule is C=CCn1ccnc1Nc1ccc(F)cc1I. The van der Waals surface area contributed by atoms with Gasteiger partial charge < -0.3 is 9.88 Å². The lowest BCUT2D eigenvalue weighted by Gasteiger charge is -2.09. The van der Waals surface area contributed by atoms with Crippen molar-refractivity contribution in [1.82, 2.24) is 9.55 Å². The Morgan fingerprint density at radius 2 is 2.35 bits per heavy atom. The van der Waals surface area contributed by atoms with Gasteiger partial charge in [-0.15, -0.1) is 6.58 Å². The van der Waals surface area contributed by atoms with Crippen LogP contribution in [-0.4, -0.2) is 9.55 Å². The molecule has 17 heavy (non-hydrogen) atoms. The summed E-state index contributed by atoms with van der Waals surface area (Å²) in [5.74, 6) is 0.476. The summed E-state index contributed by atoms with van der Waals surface area (Å²) in [6.07, 6.45) is 5.37. The summed E-state index contributed by atoms with van der Waals surface area (Å²) in [6.45, 7) is 4.37. The summed E-state index contributed by atoms with van der Waals surface area (Å²) >= 11 is 2.08. The van der Waals surface area contributed by atoms with Crippen molar-refractivity contribution in [3.05, 3.63) is 52.6 Å². The Labute approximate surface area is 113 Å². The second-order valence-corrected chi connectivity index (χ2v) is 4.60. The van der Waals surface area contributed by atoms with Gasteiger partial charge in [0.05, 0.1) is 5.69 Å². The number of hydrogen-bond acceptors (Lipinski definition) is 2. The summed E-state index contributed by atoms with van der Waals surface area (Å²) in [5, 5.41) is 3.16. The molecule has 1 aromatic carbocycles. The smallest absolute Gasteiger partial charge is 0.207 e. The van der Waals surface area contributed by atoms with Gasteiger partial charge in [0.15, 0.2) is 0 Å². The number of nitrogens with one attached hydrogen (secondary N) is 1. The van der Waals surface area contributed by atoms with E-state index in [2.05, 4.69) is 39.5 Å². The van der Waals surface area contributed by atoms with E-state index in [1.807, 2.05) is 10.8 Å². The minimum absolute atomic E-state index is 0.241. The molecule has 0 saturated heterocycles. The first-order valence-corrected chi connectivity index (χ1v) is 6.12. The number of aromatic nitrogens is 2. The predicted octanol–water partition coefficient (Wildman–Crippen LogP) is 3.56. The van der Waals surface area contributed by atoms with Crippen LogP contribution >= 0.6 is 22.6 Å². The van der Waals surface area contributed by atoms with Crippen LogP contribution in [0.3, 0.4) is 0 Å². The second kappa shape index (κ2) is 5.31. The highest BCUT2D eigenvalue weighted by molar-refractivity contribution is 14.1. The number of allylic oxidation sites excluding steroid dienone is 1. The molecule has 1 N–H and O–H groups in total. The van der Waals surface area contributed by atoms with Crippen LogP contribution < -0.4 is 5.32 Å². The number of imidazole rings is 1. The Bertz CT molecular complexity index is 536. The van der Waals surface area contributed by atoms with Gasteiger partial charge >= 0.3 is 0 Å². The summed E-state index contributed by atoms with van der Waals surface area (Å²) in [5.41, 5.74) is 0.837. The molecule has 0 saturated carbocycles. The number of hydrogen-bond donors (Lipinski definition) is 1. The lowest BCUT2D eigenvalue weighted by atomic mass is 10.3. The molecule has 5 heteroatoms. The number of benzene rings is 1. The van der Waals surface area contributed by atoms with Crippen molar-refractivity contribution in [3.8, 4) is 0 Å². The molecule has 0 unspecified atom stereocenters. The highest BCUT2D eigenvalue weighted by Gasteiger charge is 2.05. The van der Waals surface area contributed by atoms with Crippen LogP contribution in [0.1, 0.15) is 0 Å². The van der Waals surface area contributed by atoms with Crippen molar-refractivity contribution in [1.29, 1.82) is 0 Å². The normalized spacial score (nSPS) is 10.2. The van der Waals surface area contributed by atoms with E-state index in [4.69, 9.17) is 0 Å². The maximum atomic E-state index is 13.0. The van der Waals surface area contributed by atoms with Gasteiger partial charge in [-0.2, -0.15) is 0 Å². The molecule has 0 aliphatic carbocycles. The molecule has 2 rings (SSSR count). The molecule has 1 aromatic heterocycles. The Balaban J connectivity index is 2.25. The van der Waals surface area contributed by atoms with Gasteiger partial charge in [-0.05, 0) is 40.8 Å². The molecule has 1 heterocycles. The number of rotatable bonds is 4. The second-order valence-electron chi connectivity index (χ2n) is 3.44. The average Bonchev–Trinajstić information content (AvgIpc) is 2.71. The Kier molecular flexibility index (Phi) is 3.78. The van der Waals surface area contributed by atoms with Gasteiger partial charge in [0.1, 0.15) is 5.82 Å². The fourth-order valence-electron chi connectivity index (χ4n) is 1.43. The van der Waals surface area contributed by atoms with Gasteiger partial charge in [0.25, 0.3) is 0 Å². The first kappa shape index (κ1) is 12.1. The maximum Gasteiger partial charge on any atom is 0.207 e. The van der Waals surface area contributed by atoms with E-state index >= 15 is 0 Å². The van der Waals surface area contributed by atoms with E-state index in [0.717, 1.165) is 15.2 Å². The standard InChI is InChI=1S/C12H11FIN3/c1-2-6-17-7-5-15-12(17)16-11-4-3-9(13)8-10(11)14/h2-5,7-8H,1,6H2,(H,15,16). The van der Waals surface area contributed by atoms with Crippen molar-refractivity contribution in [2.75, 3.05) is 5.32 Å². The third-order valence-electron chi connectivity index (χ3n) is 2.22. The van der Waals surface area contributed by atoms with E-state index < -0.39 is 0 Å². The zero-order valence-electron chi connectivity index (χ0n) is 9.03. The topological polar surface area (TPSA) is 29.9 Å². The van der Waals surface area contributed by atoms with Gasteiger partial charge in [-0.1, -0.05) is 6.08 Å². The predicted molar refractivity (Wildman–Crippen MR) is 74.8 cm³/mol. The van der Waals surface area contributed by atoms with E-state index in [0.29, 0.717) is 6.54 Å². The van der Waals surface area contributed by atoms with E-state index in [-0.39, 0.29) is 5.82 Å². The molecule has 0 fully saturated rings. The summed E-state index contributed by atoms with van der Waals surface area (Å²) in [6, 6.07) is 4.60. The number of nitrogens with zero attached hydrogens (tertiary/aromatic N) is 2. The molecular formula is C12H11FIN3. The zero-order valence-corrected chi connectivity index (χ0v) is 11.2. The molecule has 0 amide bonds. The minimum Gasteiger partial charge on any atom is -0.325 e. The van der Waals surface area contributed by atoms with E-state index in [1.54, 1.807) is 18.3 Å². The van der Waals surface area contributed by atoms with Crippen molar-refractivity contribution >= 4 is 34.2 Å². The van der Waals surface area contributed by atoms with E-state index in [1.165, 1.54) is 12.1 Å². The van der Waals surface area contributed by atoms with Crippen molar-refractivity contribution in [2.45, 2.75) is 6.54 Å². The van der Waals surface area contributed by atoms with Crippen LogP contribution in [0.4, 0.5) is 16.0 Å². The molecule has 0 aliphatic heterocycles. The Morgan fingerprint density at radius 1 is 1.53 bits per heavy atom. The molecule has 0 spiro atoms. The molecule has 0 aliphatic rings. The van der Waals surface area contributed by atoms with Crippen molar-refractivity contribution in [3.63, 3.8) is 0 Å². The van der Waals surface area contributed by atoms with Crippen molar-refractivity contribution < 1.29 is 4.39 Å². The van der Waals surface area contributed by atoms with Crippen LogP contribution in [0.2, 0.25) is 0 Å². The molecular weight excluding hydrogens is 332 g/mol. The lowest BCUT2D eigenvalue weighted by molar-refractivity contribution is 0.627. The molecule has 2 aromatic rings. The summed E-state index contributed by atoms with van der Waals surface area (Å²) < 4.78 is 15.7. The van der Waals surface area contributed by atoms with Gasteiger partial charge in [-0.25, -0.2) is 9.37 Å². The third-order valence-corrected chi connectivity index (χ3v) is 3.11. The maximum absolute atomic E-state index is 13.0. The quantitative estimate of drug-likeness (QED) is 0.680. The van der Waals surface area contributed by atoms with Crippen molar-refractivity contribution in [2.24, 2.45) is 0 Å². The number of halogens is 2. The fraction of sp³-hybridized carbons (Fsp3) is 0.0833. The number of anilines is 2. The van der Waals surface area contributed by atoms with Gasteiger partial charge in [-0.3, -0.25) is 0 Å². The zero-order chi connectivity index (χ0) is 12.3. The Morgan fingerprint density at radius 3 is 3.06 bits per heavy atom. The monoisotopic (exact) mass is 343 g/mol. The largest absolute Gasteiger partial charge is 0.325 e. The fourth-order valence-corrected chi connectivity index (χ4v) is 2.04. The first-order chi connectivity index (χ1) is 8.20. The lowest BCUT2D eigenvalue weighted by Crippen LogP contribution is -2.03. The first-order valence-electron chi connectivity index (χ1n) is 5.05. The molecule has 0 radical (unpaired) electrons. The van der Waals surface area contributed by atoms with Crippen LogP contribution in [0.25, 0.3) is 0 Å². The summed E-state index contributed by atoms with van der Waals surface area (Å²) in [7, 11) is 0. The molecule has 88 valence electrons. The minimum atomic E-state index is -0.241. The Hall–Kier alpha value is -1.37. The van der Waals surface area contributed by atoms with Crippen LogP contribution in [0.5, 0.6) is 0 Å². The highest BCUT2D eigenvalue weighted by atomic mass is 127. The van der Waals surface area contributed by atoms with E-state index in [9.17, 15) is 4.39 Å². The van der Waals surface area contributed by atoms with Crippen LogP contribution in [-0.2, 0) is 6.54 Å².